The van der Waals surface area contributed by atoms with Crippen LogP contribution in [0.25, 0.3) is 21.3 Å². The normalized spacial score (nSPS) is 14.3. The molecule has 0 spiro atoms. The van der Waals surface area contributed by atoms with Crippen molar-refractivity contribution in [1.82, 2.24) is 9.71 Å². The minimum Gasteiger partial charge on any atom is -0.386 e. The number of thioether (sulfide) groups is 1. The second-order valence-corrected chi connectivity index (χ2v) is 14.0. The molecule has 2 atom stereocenters. The summed E-state index contributed by atoms with van der Waals surface area (Å²) in [5.74, 6) is 0. The predicted octanol–water partition coefficient (Wildman–Crippen LogP) is 7.05. The third-order valence-corrected chi connectivity index (χ3v) is 9.44. The van der Waals surface area contributed by atoms with Crippen LogP contribution in [0.5, 0.6) is 0 Å². The molecular weight excluding hydrogens is 493 g/mol. The van der Waals surface area contributed by atoms with Crippen molar-refractivity contribution in [3.63, 3.8) is 0 Å². The second-order valence-electron chi connectivity index (χ2n) is 10.0. The number of aromatic nitrogens is 1. The van der Waals surface area contributed by atoms with Gasteiger partial charge in [-0.3, -0.25) is 4.98 Å². The van der Waals surface area contributed by atoms with Gasteiger partial charge >= 0.3 is 0 Å². The quantitative estimate of drug-likeness (QED) is 0.254. The number of fused-ring (bicyclic) bond motifs is 1. The first-order valence-electron chi connectivity index (χ1n) is 11.5. The van der Waals surface area contributed by atoms with Gasteiger partial charge in [0.2, 0.25) is 0 Å². The van der Waals surface area contributed by atoms with Crippen molar-refractivity contribution in [2.75, 3.05) is 6.26 Å². The van der Waals surface area contributed by atoms with Gasteiger partial charge in [-0.1, -0.05) is 36.4 Å². The number of nitrogens with zero attached hydrogens (tertiary/aromatic N) is 1. The maximum absolute atomic E-state index is 13.2. The Bertz CT molecular complexity index is 1370. The van der Waals surface area contributed by atoms with Crippen LogP contribution in [0.3, 0.4) is 0 Å². The first-order valence-corrected chi connectivity index (χ1v) is 14.7. The molecule has 2 aromatic carbocycles. The molecule has 184 valence electrons. The molecule has 0 saturated carbocycles. The van der Waals surface area contributed by atoms with Crippen molar-refractivity contribution in [2.24, 2.45) is 0 Å². The average Bonchev–Trinajstić information content (AvgIpc) is 3.25. The summed E-state index contributed by atoms with van der Waals surface area (Å²) in [6.07, 6.45) is 3.82. The van der Waals surface area contributed by atoms with Gasteiger partial charge in [0, 0.05) is 26.2 Å². The summed E-state index contributed by atoms with van der Waals surface area (Å²) >= 11 is 3.39. The average molecular weight is 525 g/mol. The maximum Gasteiger partial charge on any atom is 0.0979 e. The number of thiophene rings is 1. The van der Waals surface area contributed by atoms with E-state index in [0.29, 0.717) is 0 Å². The number of aliphatic hydroxyl groups is 1. The fraction of sp³-hybridized carbons (Fsp3) is 0.321. The van der Waals surface area contributed by atoms with Crippen molar-refractivity contribution in [3.8, 4) is 11.3 Å². The Balaban J connectivity index is 1.86. The van der Waals surface area contributed by atoms with E-state index >= 15 is 0 Å². The van der Waals surface area contributed by atoms with Crippen LogP contribution in [0.1, 0.15) is 56.7 Å². The lowest BCUT2D eigenvalue weighted by Crippen LogP contribution is -2.36. The molecule has 0 fully saturated rings. The summed E-state index contributed by atoms with van der Waals surface area (Å²) < 4.78 is 17.4. The van der Waals surface area contributed by atoms with E-state index in [-0.39, 0.29) is 6.04 Å². The van der Waals surface area contributed by atoms with E-state index in [9.17, 15) is 9.32 Å². The molecule has 7 heteroatoms. The van der Waals surface area contributed by atoms with Crippen LogP contribution in [-0.2, 0) is 16.6 Å². The molecule has 4 nitrogen and oxygen atoms in total. The minimum atomic E-state index is -1.25. The van der Waals surface area contributed by atoms with Gasteiger partial charge in [0.25, 0.3) is 0 Å². The topological polar surface area (TPSA) is 62.2 Å². The molecule has 0 aliphatic heterocycles. The van der Waals surface area contributed by atoms with E-state index in [4.69, 9.17) is 0 Å². The molecule has 0 bridgehead atoms. The van der Waals surface area contributed by atoms with Gasteiger partial charge in [0.15, 0.2) is 0 Å². The predicted molar refractivity (Wildman–Crippen MR) is 151 cm³/mol. The zero-order valence-corrected chi connectivity index (χ0v) is 23.4. The molecular formula is C28H32N2O2S3. The van der Waals surface area contributed by atoms with Crippen LogP contribution in [0.2, 0.25) is 0 Å². The third-order valence-electron chi connectivity index (χ3n) is 5.82. The summed E-state index contributed by atoms with van der Waals surface area (Å²) in [6, 6.07) is 20.3. The van der Waals surface area contributed by atoms with Gasteiger partial charge in [-0.2, -0.15) is 0 Å². The van der Waals surface area contributed by atoms with Crippen molar-refractivity contribution < 1.29 is 9.32 Å². The van der Waals surface area contributed by atoms with Crippen LogP contribution in [0, 0.1) is 0 Å². The van der Waals surface area contributed by atoms with Crippen LogP contribution in [0.4, 0.5) is 0 Å². The van der Waals surface area contributed by atoms with Gasteiger partial charge in [-0.15, -0.1) is 23.1 Å². The van der Waals surface area contributed by atoms with Crippen LogP contribution >= 0.6 is 23.1 Å². The van der Waals surface area contributed by atoms with Gasteiger partial charge in [0.1, 0.15) is 0 Å². The Kier molecular flexibility index (Phi) is 7.55. The number of rotatable bonds is 7. The van der Waals surface area contributed by atoms with E-state index in [1.54, 1.807) is 43.1 Å². The fourth-order valence-electron chi connectivity index (χ4n) is 3.85. The highest BCUT2D eigenvalue weighted by Gasteiger charge is 2.27. The Morgan fingerprint density at radius 2 is 1.77 bits per heavy atom. The molecule has 4 aromatic rings. The molecule has 2 heterocycles. The summed E-state index contributed by atoms with van der Waals surface area (Å²) in [6.45, 7) is 9.52. The molecule has 0 aliphatic rings. The van der Waals surface area contributed by atoms with E-state index in [2.05, 4.69) is 46.3 Å². The monoisotopic (exact) mass is 524 g/mol. The fourth-order valence-corrected chi connectivity index (χ4v) is 6.63. The smallest absolute Gasteiger partial charge is 0.0979 e. The molecule has 2 N–H and O–H groups in total. The van der Waals surface area contributed by atoms with Crippen molar-refractivity contribution in [1.29, 1.82) is 0 Å². The Hall–Kier alpha value is -2.03. The summed E-state index contributed by atoms with van der Waals surface area (Å²) in [7, 11) is -1.25. The highest BCUT2D eigenvalue weighted by Crippen LogP contribution is 2.41. The Morgan fingerprint density at radius 3 is 2.46 bits per heavy atom. The van der Waals surface area contributed by atoms with Gasteiger partial charge in [-0.05, 0) is 81.7 Å². The largest absolute Gasteiger partial charge is 0.386 e. The number of pyridine rings is 1. The molecule has 0 radical (unpaired) electrons. The second kappa shape index (κ2) is 10.1. The maximum atomic E-state index is 13.2. The highest BCUT2D eigenvalue weighted by atomic mass is 32.2. The van der Waals surface area contributed by atoms with Gasteiger partial charge in [-0.25, -0.2) is 8.93 Å². The Labute approximate surface area is 218 Å². The number of nitrogens with one attached hydrogen (secondary N) is 1. The zero-order chi connectivity index (χ0) is 25.4. The van der Waals surface area contributed by atoms with Crippen molar-refractivity contribution >= 4 is 44.2 Å². The van der Waals surface area contributed by atoms with Crippen LogP contribution < -0.4 is 4.72 Å². The lowest BCUT2D eigenvalue weighted by atomic mass is 9.97. The van der Waals surface area contributed by atoms with E-state index < -0.39 is 21.3 Å². The molecule has 2 aromatic heterocycles. The lowest BCUT2D eigenvalue weighted by Gasteiger charge is -2.25. The van der Waals surface area contributed by atoms with E-state index in [1.807, 2.05) is 51.1 Å². The van der Waals surface area contributed by atoms with Crippen LogP contribution in [-0.4, -0.2) is 25.3 Å². The Morgan fingerprint density at radius 1 is 1.03 bits per heavy atom. The molecule has 2 unspecified atom stereocenters. The first kappa shape index (κ1) is 26.0. The molecule has 35 heavy (non-hydrogen) atoms. The SMILES string of the molecule is CSc1ccccc1C(NS(=O)C(C)(C)C)c1cc2cccc(-c3cc(C(C)(C)O)ccn3)c2s1. The molecule has 0 aliphatic carbocycles. The third kappa shape index (κ3) is 5.70. The summed E-state index contributed by atoms with van der Waals surface area (Å²) in [4.78, 5) is 6.88. The molecule has 0 amide bonds. The zero-order valence-electron chi connectivity index (χ0n) is 21.0. The molecule has 0 saturated heterocycles. The molecule has 4 rings (SSSR count). The van der Waals surface area contributed by atoms with Gasteiger partial charge in [0.05, 0.1) is 33.1 Å². The first-order chi connectivity index (χ1) is 16.5. The van der Waals surface area contributed by atoms with Gasteiger partial charge < -0.3 is 5.11 Å². The summed E-state index contributed by atoms with van der Waals surface area (Å²) in [5, 5.41) is 11.6. The number of hydrogen-bond acceptors (Lipinski definition) is 5. The minimum absolute atomic E-state index is 0.209. The number of hydrogen-bond donors (Lipinski definition) is 2. The van der Waals surface area contributed by atoms with E-state index in [1.165, 1.54) is 0 Å². The lowest BCUT2D eigenvalue weighted by molar-refractivity contribution is 0.0785. The summed E-state index contributed by atoms with van der Waals surface area (Å²) in [5.41, 5.74) is 2.85. The van der Waals surface area contributed by atoms with Crippen LogP contribution in [0.15, 0.2) is 71.8 Å². The number of benzene rings is 2. The van der Waals surface area contributed by atoms with Crippen molar-refractivity contribution in [2.45, 2.75) is 55.9 Å². The standard InChI is InChI=1S/C28H32N2O2S3/c1-27(2,3)35(32)30-25(21-11-7-8-13-23(21)33-6)24-16-18-10-9-12-20(26(18)34-24)22-17-19(14-15-29-22)28(4,5)31/h7-17,25,30-31H,1-6H3. The van der Waals surface area contributed by atoms with Crippen molar-refractivity contribution in [3.05, 3.63) is 82.9 Å². The van der Waals surface area contributed by atoms with E-state index in [0.717, 1.165) is 42.2 Å². The highest BCUT2D eigenvalue weighted by molar-refractivity contribution is 7.98.